The number of anilines is 3. The van der Waals surface area contributed by atoms with E-state index in [1.807, 2.05) is 22.8 Å². The molecular weight excluding hydrogens is 518 g/mol. The highest BCUT2D eigenvalue weighted by Crippen LogP contribution is 2.39. The van der Waals surface area contributed by atoms with Gasteiger partial charge < -0.3 is 20.1 Å². The lowest BCUT2D eigenvalue weighted by molar-refractivity contribution is 0.101. The van der Waals surface area contributed by atoms with Crippen LogP contribution in [-0.4, -0.2) is 40.2 Å². The van der Waals surface area contributed by atoms with E-state index < -0.39 is 0 Å². The number of carbonyl (C=O) groups is 3. The Balaban J connectivity index is 1.32. The maximum Gasteiger partial charge on any atom is 0.257 e. The normalized spacial score (nSPS) is 17.3. The molecule has 4 heterocycles. The Hall–Kier alpha value is -5.05. The largest absolute Gasteiger partial charge is 0.369 e. The minimum atomic E-state index is -0.363. The summed E-state index contributed by atoms with van der Waals surface area (Å²) in [7, 11) is 0. The quantitative estimate of drug-likeness (QED) is 0.342. The molecule has 2 aliphatic rings. The van der Waals surface area contributed by atoms with E-state index in [4.69, 9.17) is 0 Å². The fraction of sp³-hybridized carbons (Fsp3) is 0.219. The zero-order chi connectivity index (χ0) is 28.5. The average Bonchev–Trinajstić information content (AvgIpc) is 2.98. The molecule has 0 aliphatic carbocycles. The van der Waals surface area contributed by atoms with Crippen molar-refractivity contribution in [3.05, 3.63) is 118 Å². The molecule has 2 bridgehead atoms. The van der Waals surface area contributed by atoms with Crippen molar-refractivity contribution in [3.63, 3.8) is 0 Å². The number of hydrogen-bond acceptors (Lipinski definition) is 6. The number of Topliss-reactive ketones (excluding diaryl/α,β-unsaturated/α-hetero) is 1. The van der Waals surface area contributed by atoms with Crippen LogP contribution in [0.2, 0.25) is 0 Å². The third kappa shape index (κ3) is 5.38. The topological polar surface area (TPSA) is 113 Å². The molecule has 0 unspecified atom stereocenters. The number of amides is 2. The van der Waals surface area contributed by atoms with Gasteiger partial charge in [0.25, 0.3) is 17.4 Å². The van der Waals surface area contributed by atoms with Crippen LogP contribution >= 0.6 is 0 Å². The van der Waals surface area contributed by atoms with Crippen LogP contribution in [0.5, 0.6) is 0 Å². The molecule has 0 radical (unpaired) electrons. The van der Waals surface area contributed by atoms with Gasteiger partial charge in [-0.05, 0) is 67.8 Å². The maximum atomic E-state index is 13.3. The molecule has 41 heavy (non-hydrogen) atoms. The zero-order valence-electron chi connectivity index (χ0n) is 22.5. The standard InChI is InChI=1S/C32H29N5O4/c1-20(38)22-5-2-7-26(14-22)34-31(40)23-10-11-29(27(15-23)35-32(41)24-6-4-12-33-16-24)36-17-21-13-25(19-36)28-8-3-9-30(39)37(28)18-21/h2-12,14-16,21,25H,13,17-19H2,1H3,(H,34,40)(H,35,41)/t21-,25+/m1/s1. The second-order valence-electron chi connectivity index (χ2n) is 10.6. The first-order chi connectivity index (χ1) is 19.9. The number of ketones is 1. The van der Waals surface area contributed by atoms with Gasteiger partial charge in [0.1, 0.15) is 0 Å². The number of piperidine rings is 1. The Labute approximate surface area is 236 Å². The number of aromatic nitrogens is 2. The molecule has 4 aromatic rings. The lowest BCUT2D eigenvalue weighted by Gasteiger charge is -2.44. The molecule has 9 nitrogen and oxygen atoms in total. The van der Waals surface area contributed by atoms with Crippen molar-refractivity contribution in [1.29, 1.82) is 0 Å². The lowest BCUT2D eigenvalue weighted by atomic mass is 9.83. The molecule has 2 aromatic heterocycles. The van der Waals surface area contributed by atoms with E-state index in [1.54, 1.807) is 60.8 Å². The van der Waals surface area contributed by atoms with Gasteiger partial charge in [-0.25, -0.2) is 0 Å². The average molecular weight is 548 g/mol. The van der Waals surface area contributed by atoms with Crippen LogP contribution in [0.15, 0.2) is 90.0 Å². The summed E-state index contributed by atoms with van der Waals surface area (Å²) in [6.45, 7) is 3.53. The molecule has 0 saturated carbocycles. The van der Waals surface area contributed by atoms with E-state index in [2.05, 4.69) is 20.5 Å². The Kier molecular flexibility index (Phi) is 6.93. The number of fused-ring (bicyclic) bond motifs is 4. The SMILES string of the molecule is CC(=O)c1cccc(NC(=O)c2ccc(N3C[C@H]4C[C@@H](C3)c3cccc(=O)n3C4)c(NC(=O)c3cccnc3)c2)c1. The van der Waals surface area contributed by atoms with Gasteiger partial charge in [-0.2, -0.15) is 0 Å². The van der Waals surface area contributed by atoms with Gasteiger partial charge in [0.15, 0.2) is 5.78 Å². The van der Waals surface area contributed by atoms with Gasteiger partial charge in [-0.15, -0.1) is 0 Å². The fourth-order valence-electron chi connectivity index (χ4n) is 5.86. The first kappa shape index (κ1) is 26.2. The lowest BCUT2D eigenvalue weighted by Crippen LogP contribution is -2.47. The van der Waals surface area contributed by atoms with Crippen LogP contribution in [0, 0.1) is 5.92 Å². The predicted octanol–water partition coefficient (Wildman–Crippen LogP) is 4.57. The number of nitrogens with one attached hydrogen (secondary N) is 2. The van der Waals surface area contributed by atoms with E-state index in [9.17, 15) is 19.2 Å². The number of nitrogens with zero attached hydrogens (tertiary/aromatic N) is 3. The summed E-state index contributed by atoms with van der Waals surface area (Å²) >= 11 is 0. The minimum Gasteiger partial charge on any atom is -0.369 e. The van der Waals surface area contributed by atoms with Crippen molar-refractivity contribution in [2.75, 3.05) is 28.6 Å². The van der Waals surface area contributed by atoms with Crippen LogP contribution in [0.3, 0.4) is 0 Å². The van der Waals surface area contributed by atoms with Crippen molar-refractivity contribution in [3.8, 4) is 0 Å². The molecule has 1 fully saturated rings. The van der Waals surface area contributed by atoms with E-state index >= 15 is 0 Å². The minimum absolute atomic E-state index is 0.0271. The Morgan fingerprint density at radius 1 is 0.829 bits per heavy atom. The second kappa shape index (κ2) is 10.8. The van der Waals surface area contributed by atoms with Crippen molar-refractivity contribution in [2.24, 2.45) is 5.92 Å². The van der Waals surface area contributed by atoms with E-state index in [0.717, 1.165) is 24.3 Å². The van der Waals surface area contributed by atoms with Crippen molar-refractivity contribution in [1.82, 2.24) is 9.55 Å². The molecule has 0 spiro atoms. The third-order valence-electron chi connectivity index (χ3n) is 7.78. The molecule has 6 rings (SSSR count). The monoisotopic (exact) mass is 547 g/mol. The van der Waals surface area contributed by atoms with Crippen LogP contribution in [0.4, 0.5) is 17.1 Å². The summed E-state index contributed by atoms with van der Waals surface area (Å²) in [4.78, 5) is 57.0. The third-order valence-corrected chi connectivity index (χ3v) is 7.78. The molecule has 2 N–H and O–H groups in total. The molecule has 2 atom stereocenters. The summed E-state index contributed by atoms with van der Waals surface area (Å²) < 4.78 is 1.88. The van der Waals surface area contributed by atoms with Gasteiger partial charge in [-0.3, -0.25) is 24.2 Å². The van der Waals surface area contributed by atoms with E-state index in [1.165, 1.54) is 13.1 Å². The number of pyridine rings is 2. The number of benzene rings is 2. The Morgan fingerprint density at radius 3 is 2.44 bits per heavy atom. The highest BCUT2D eigenvalue weighted by molar-refractivity contribution is 6.09. The maximum absolute atomic E-state index is 13.3. The molecule has 1 saturated heterocycles. The molecule has 9 heteroatoms. The zero-order valence-corrected chi connectivity index (χ0v) is 22.5. The first-order valence-corrected chi connectivity index (χ1v) is 13.6. The van der Waals surface area contributed by atoms with Gasteiger partial charge in [0.2, 0.25) is 0 Å². The number of hydrogen-bond donors (Lipinski definition) is 2. The molecule has 206 valence electrons. The molecule has 2 aromatic carbocycles. The van der Waals surface area contributed by atoms with Crippen LogP contribution in [-0.2, 0) is 6.54 Å². The van der Waals surface area contributed by atoms with Gasteiger partial charge >= 0.3 is 0 Å². The Bertz CT molecular complexity index is 1710. The van der Waals surface area contributed by atoms with Crippen molar-refractivity contribution in [2.45, 2.75) is 25.8 Å². The van der Waals surface area contributed by atoms with E-state index in [-0.39, 0.29) is 35.0 Å². The van der Waals surface area contributed by atoms with Crippen molar-refractivity contribution >= 4 is 34.7 Å². The summed E-state index contributed by atoms with van der Waals surface area (Å²) in [5.41, 5.74) is 4.14. The highest BCUT2D eigenvalue weighted by atomic mass is 16.2. The molecular formula is C32H29N5O4. The van der Waals surface area contributed by atoms with Crippen LogP contribution in [0.1, 0.15) is 56.0 Å². The summed E-state index contributed by atoms with van der Waals surface area (Å²) in [5, 5.41) is 5.85. The predicted molar refractivity (Wildman–Crippen MR) is 157 cm³/mol. The summed E-state index contributed by atoms with van der Waals surface area (Å²) in [6, 6.07) is 20.9. The fourth-order valence-corrected chi connectivity index (χ4v) is 5.86. The number of carbonyl (C=O) groups excluding carboxylic acids is 3. The molecule has 2 aliphatic heterocycles. The smallest absolute Gasteiger partial charge is 0.257 e. The number of rotatable bonds is 6. The van der Waals surface area contributed by atoms with Gasteiger partial charge in [0.05, 0.1) is 16.9 Å². The first-order valence-electron chi connectivity index (χ1n) is 13.6. The molecule has 2 amide bonds. The second-order valence-corrected chi connectivity index (χ2v) is 10.6. The highest BCUT2D eigenvalue weighted by Gasteiger charge is 2.35. The van der Waals surface area contributed by atoms with Gasteiger partial charge in [0, 0.05) is 66.5 Å². The van der Waals surface area contributed by atoms with Gasteiger partial charge in [-0.1, -0.05) is 18.2 Å². The summed E-state index contributed by atoms with van der Waals surface area (Å²) in [5.74, 6) is -0.336. The van der Waals surface area contributed by atoms with Crippen molar-refractivity contribution < 1.29 is 14.4 Å². The Morgan fingerprint density at radius 2 is 1.63 bits per heavy atom. The van der Waals surface area contributed by atoms with Crippen LogP contribution in [0.25, 0.3) is 0 Å². The van der Waals surface area contributed by atoms with Crippen LogP contribution < -0.4 is 21.1 Å². The summed E-state index contributed by atoms with van der Waals surface area (Å²) in [6.07, 6.45) is 4.09. The van der Waals surface area contributed by atoms with E-state index in [0.29, 0.717) is 41.2 Å².